The highest BCUT2D eigenvalue weighted by Crippen LogP contribution is 2.23. The summed E-state index contributed by atoms with van der Waals surface area (Å²) in [6.07, 6.45) is 11.8. The topological polar surface area (TPSA) is 49.9 Å². The zero-order chi connectivity index (χ0) is 23.4. The number of carbonyl (C=O) groups excluding carboxylic acids is 2. The van der Waals surface area contributed by atoms with E-state index in [4.69, 9.17) is 4.74 Å². The molecule has 0 aromatic heterocycles. The van der Waals surface area contributed by atoms with E-state index in [9.17, 15) is 9.59 Å². The number of ether oxygens (including phenoxy) is 1. The minimum Gasteiger partial charge on any atom is -0.494 e. The summed E-state index contributed by atoms with van der Waals surface area (Å²) < 4.78 is 5.82. The van der Waals surface area contributed by atoms with Gasteiger partial charge in [-0.15, -0.1) is 0 Å². The molecule has 0 radical (unpaired) electrons. The zero-order valence-corrected chi connectivity index (χ0v) is 20.6. The van der Waals surface area contributed by atoms with Crippen molar-refractivity contribution >= 4 is 17.9 Å². The number of benzene rings is 1. The summed E-state index contributed by atoms with van der Waals surface area (Å²) in [6, 6.07) is 7.87. The summed E-state index contributed by atoms with van der Waals surface area (Å²) in [5.74, 6) is 1.05. The second-order valence-corrected chi connectivity index (χ2v) is 9.37. The molecular formula is C27H42N2O3. The predicted octanol–water partition coefficient (Wildman–Crippen LogP) is 5.55. The molecule has 0 aliphatic carbocycles. The number of amides is 2. The molecule has 1 aromatic carbocycles. The number of carbonyl (C=O) groups is 2. The van der Waals surface area contributed by atoms with Gasteiger partial charge in [-0.1, -0.05) is 71.9 Å². The minimum absolute atomic E-state index is 0.00440. The Labute approximate surface area is 194 Å². The van der Waals surface area contributed by atoms with Gasteiger partial charge in [0.25, 0.3) is 0 Å². The average Bonchev–Trinajstić information content (AvgIpc) is 2.82. The molecule has 1 heterocycles. The Hall–Kier alpha value is -2.30. The van der Waals surface area contributed by atoms with Crippen LogP contribution in [0, 0.1) is 5.41 Å². The van der Waals surface area contributed by atoms with Gasteiger partial charge in [-0.2, -0.15) is 0 Å². The van der Waals surface area contributed by atoms with Gasteiger partial charge in [0.15, 0.2) is 0 Å². The highest BCUT2D eigenvalue weighted by atomic mass is 16.5. The molecule has 0 bridgehead atoms. The van der Waals surface area contributed by atoms with Gasteiger partial charge >= 0.3 is 0 Å². The van der Waals surface area contributed by atoms with Gasteiger partial charge in [0.05, 0.1) is 6.61 Å². The van der Waals surface area contributed by atoms with Crippen LogP contribution in [0.2, 0.25) is 0 Å². The maximum absolute atomic E-state index is 12.6. The van der Waals surface area contributed by atoms with Gasteiger partial charge in [0.1, 0.15) is 5.75 Å². The molecule has 0 N–H and O–H groups in total. The molecule has 0 atom stereocenters. The molecule has 1 aliphatic rings. The molecule has 5 heteroatoms. The van der Waals surface area contributed by atoms with Crippen LogP contribution in [0.15, 0.2) is 30.3 Å². The predicted molar refractivity (Wildman–Crippen MR) is 132 cm³/mol. The second kappa shape index (κ2) is 13.3. The lowest BCUT2D eigenvalue weighted by Gasteiger charge is -2.38. The molecule has 178 valence electrons. The molecule has 1 saturated heterocycles. The minimum atomic E-state index is -0.337. The summed E-state index contributed by atoms with van der Waals surface area (Å²) in [5.41, 5.74) is 0.639. The van der Waals surface area contributed by atoms with E-state index >= 15 is 0 Å². The third-order valence-electron chi connectivity index (χ3n) is 6.41. The van der Waals surface area contributed by atoms with Crippen LogP contribution < -0.4 is 4.74 Å². The normalized spacial score (nSPS) is 14.8. The first kappa shape index (κ1) is 26.0. The van der Waals surface area contributed by atoms with Crippen molar-refractivity contribution in [2.24, 2.45) is 5.41 Å². The maximum Gasteiger partial charge on any atom is 0.246 e. The molecule has 1 aliphatic heterocycles. The highest BCUT2D eigenvalue weighted by Gasteiger charge is 2.32. The van der Waals surface area contributed by atoms with E-state index in [2.05, 4.69) is 6.92 Å². The van der Waals surface area contributed by atoms with Crippen LogP contribution in [0.4, 0.5) is 0 Å². The van der Waals surface area contributed by atoms with Crippen LogP contribution in [-0.4, -0.2) is 54.4 Å². The van der Waals surface area contributed by atoms with Gasteiger partial charge in [-0.25, -0.2) is 0 Å². The van der Waals surface area contributed by atoms with Crippen molar-refractivity contribution in [3.63, 3.8) is 0 Å². The summed E-state index contributed by atoms with van der Waals surface area (Å²) >= 11 is 0. The van der Waals surface area contributed by atoms with Crippen LogP contribution in [0.3, 0.4) is 0 Å². The molecule has 0 spiro atoms. The Morgan fingerprint density at radius 3 is 2.12 bits per heavy atom. The van der Waals surface area contributed by atoms with Crippen molar-refractivity contribution in [1.29, 1.82) is 0 Å². The molecule has 2 amide bonds. The molecule has 0 unspecified atom stereocenters. The van der Waals surface area contributed by atoms with Gasteiger partial charge in [0.2, 0.25) is 11.8 Å². The van der Waals surface area contributed by atoms with Crippen LogP contribution in [-0.2, 0) is 9.59 Å². The fourth-order valence-electron chi connectivity index (χ4n) is 3.73. The molecule has 5 nitrogen and oxygen atoms in total. The van der Waals surface area contributed by atoms with Crippen molar-refractivity contribution in [1.82, 2.24) is 9.80 Å². The lowest BCUT2D eigenvalue weighted by atomic mass is 9.88. The molecule has 1 aromatic rings. The fraction of sp³-hybridized carbons (Fsp3) is 0.630. The van der Waals surface area contributed by atoms with E-state index in [-0.39, 0.29) is 17.2 Å². The zero-order valence-electron chi connectivity index (χ0n) is 20.6. The van der Waals surface area contributed by atoms with Crippen molar-refractivity contribution in [3.05, 3.63) is 35.9 Å². The Bertz CT molecular complexity index is 732. The van der Waals surface area contributed by atoms with Crippen LogP contribution >= 0.6 is 0 Å². The SMILES string of the molecule is CCCCCCCCOc1ccc(/C=C/C(=O)N2CCN(C(=O)C(C)(C)CC)CC2)cc1. The monoisotopic (exact) mass is 442 g/mol. The van der Waals surface area contributed by atoms with E-state index < -0.39 is 0 Å². The van der Waals surface area contributed by atoms with Crippen molar-refractivity contribution in [2.45, 2.75) is 72.6 Å². The van der Waals surface area contributed by atoms with E-state index in [0.29, 0.717) is 26.2 Å². The largest absolute Gasteiger partial charge is 0.494 e. The van der Waals surface area contributed by atoms with Crippen molar-refractivity contribution in [2.75, 3.05) is 32.8 Å². The van der Waals surface area contributed by atoms with Crippen LogP contribution in [0.1, 0.15) is 78.2 Å². The second-order valence-electron chi connectivity index (χ2n) is 9.37. The average molecular weight is 443 g/mol. The van der Waals surface area contributed by atoms with Crippen LogP contribution in [0.5, 0.6) is 5.75 Å². The summed E-state index contributed by atoms with van der Waals surface area (Å²) in [5, 5.41) is 0. The molecule has 0 saturated carbocycles. The first-order valence-corrected chi connectivity index (χ1v) is 12.4. The fourth-order valence-corrected chi connectivity index (χ4v) is 3.73. The van der Waals surface area contributed by atoms with Gasteiger partial charge in [0, 0.05) is 37.7 Å². The van der Waals surface area contributed by atoms with E-state index in [1.54, 1.807) is 6.08 Å². The van der Waals surface area contributed by atoms with E-state index in [0.717, 1.165) is 30.8 Å². The Balaban J connectivity index is 1.72. The first-order chi connectivity index (χ1) is 15.4. The standard InChI is InChI=1S/C27H42N2O3/c1-5-7-8-9-10-11-22-32-24-15-12-23(13-16-24)14-17-25(30)28-18-20-29(21-19-28)26(31)27(3,4)6-2/h12-17H,5-11,18-22H2,1-4H3/b17-14+. The summed E-state index contributed by atoms with van der Waals surface area (Å²) in [4.78, 5) is 28.9. The first-order valence-electron chi connectivity index (χ1n) is 12.4. The number of nitrogens with zero attached hydrogens (tertiary/aromatic N) is 2. The Morgan fingerprint density at radius 1 is 0.906 bits per heavy atom. The highest BCUT2D eigenvalue weighted by molar-refractivity contribution is 5.92. The van der Waals surface area contributed by atoms with Gasteiger partial charge in [-0.05, 0) is 36.6 Å². The third-order valence-corrected chi connectivity index (χ3v) is 6.41. The van der Waals surface area contributed by atoms with Crippen molar-refractivity contribution in [3.8, 4) is 5.75 Å². The Morgan fingerprint density at radius 2 is 1.50 bits per heavy atom. The third kappa shape index (κ3) is 8.33. The molecule has 1 fully saturated rings. The van der Waals surface area contributed by atoms with Gasteiger partial charge < -0.3 is 14.5 Å². The van der Waals surface area contributed by atoms with E-state index in [1.165, 1.54) is 32.1 Å². The molecular weight excluding hydrogens is 400 g/mol. The quantitative estimate of drug-likeness (QED) is 0.315. The lowest BCUT2D eigenvalue weighted by Crippen LogP contribution is -2.53. The summed E-state index contributed by atoms with van der Waals surface area (Å²) in [6.45, 7) is 11.4. The number of hydrogen-bond acceptors (Lipinski definition) is 3. The van der Waals surface area contributed by atoms with Crippen LogP contribution in [0.25, 0.3) is 6.08 Å². The lowest BCUT2D eigenvalue weighted by molar-refractivity contribution is -0.144. The van der Waals surface area contributed by atoms with Crippen molar-refractivity contribution < 1.29 is 14.3 Å². The number of piperazine rings is 1. The molecule has 32 heavy (non-hydrogen) atoms. The number of hydrogen-bond donors (Lipinski definition) is 0. The molecule has 2 rings (SSSR count). The maximum atomic E-state index is 12.6. The van der Waals surface area contributed by atoms with Gasteiger partial charge in [-0.3, -0.25) is 9.59 Å². The Kier molecular flexibility index (Phi) is 10.8. The van der Waals surface area contributed by atoms with E-state index in [1.807, 2.05) is 60.9 Å². The number of unbranched alkanes of at least 4 members (excludes halogenated alkanes) is 5. The number of rotatable bonds is 12. The smallest absolute Gasteiger partial charge is 0.246 e. The summed E-state index contributed by atoms with van der Waals surface area (Å²) in [7, 11) is 0.